The first-order chi connectivity index (χ1) is 9.11. The quantitative estimate of drug-likeness (QED) is 0.674. The lowest BCUT2D eigenvalue weighted by Gasteiger charge is -2.31. The molecule has 0 bridgehead atoms. The third kappa shape index (κ3) is 3.37. The van der Waals surface area contributed by atoms with Crippen LogP contribution in [0.15, 0.2) is 18.2 Å². The summed E-state index contributed by atoms with van der Waals surface area (Å²) in [4.78, 5) is 10.5. The second kappa shape index (κ2) is 6.23. The Bertz CT molecular complexity index is 470. The van der Waals surface area contributed by atoms with Gasteiger partial charge in [0.25, 0.3) is 5.69 Å². The molecule has 4 nitrogen and oxygen atoms in total. The maximum atomic E-state index is 13.3. The van der Waals surface area contributed by atoms with E-state index in [-0.39, 0.29) is 17.4 Å². The number of hydrogen-bond acceptors (Lipinski definition) is 4. The van der Waals surface area contributed by atoms with Gasteiger partial charge >= 0.3 is 0 Å². The summed E-state index contributed by atoms with van der Waals surface area (Å²) < 4.78 is 13.3. The first-order valence-electron chi connectivity index (χ1n) is 6.35. The van der Waals surface area contributed by atoms with Crippen LogP contribution < -0.4 is 5.32 Å². The maximum Gasteiger partial charge on any atom is 0.292 e. The van der Waals surface area contributed by atoms with Crippen LogP contribution in [0.25, 0.3) is 0 Å². The lowest BCUT2D eigenvalue weighted by Crippen LogP contribution is -2.34. The van der Waals surface area contributed by atoms with Crippen molar-refractivity contribution in [1.29, 1.82) is 0 Å². The Morgan fingerprint density at radius 1 is 1.42 bits per heavy atom. The van der Waals surface area contributed by atoms with Crippen LogP contribution in [-0.4, -0.2) is 22.5 Å². The van der Waals surface area contributed by atoms with Crippen molar-refractivity contribution in [2.24, 2.45) is 0 Å². The number of rotatable bonds is 4. The van der Waals surface area contributed by atoms with Gasteiger partial charge < -0.3 is 5.32 Å². The summed E-state index contributed by atoms with van der Waals surface area (Å²) in [5, 5.41) is 14.6. The van der Waals surface area contributed by atoms with Crippen molar-refractivity contribution < 1.29 is 9.31 Å². The van der Waals surface area contributed by atoms with E-state index in [4.69, 9.17) is 0 Å². The molecule has 1 N–H and O–H groups in total. The molecule has 0 radical (unpaired) electrons. The highest BCUT2D eigenvalue weighted by Gasteiger charge is 2.26. The number of nitro groups is 1. The van der Waals surface area contributed by atoms with Crippen molar-refractivity contribution in [2.45, 2.75) is 37.0 Å². The lowest BCUT2D eigenvalue weighted by atomic mass is 9.94. The Labute approximate surface area is 115 Å². The summed E-state index contributed by atoms with van der Waals surface area (Å²) in [5.41, 5.74) is 0.225. The van der Waals surface area contributed by atoms with E-state index < -0.39 is 10.7 Å². The van der Waals surface area contributed by atoms with Crippen LogP contribution >= 0.6 is 11.8 Å². The van der Waals surface area contributed by atoms with Gasteiger partial charge in [0.1, 0.15) is 11.5 Å². The molecule has 104 valence electrons. The van der Waals surface area contributed by atoms with E-state index in [1.54, 1.807) is 11.8 Å². The van der Waals surface area contributed by atoms with Crippen LogP contribution in [0.4, 0.5) is 15.8 Å². The monoisotopic (exact) mass is 284 g/mol. The Hall–Kier alpha value is -1.30. The average Bonchev–Trinajstić information content (AvgIpc) is 2.39. The first kappa shape index (κ1) is 14.1. The minimum Gasteiger partial charge on any atom is -0.376 e. The van der Waals surface area contributed by atoms with E-state index >= 15 is 0 Å². The highest BCUT2D eigenvalue weighted by molar-refractivity contribution is 7.99. The predicted molar refractivity (Wildman–Crippen MR) is 76.2 cm³/mol. The Kier molecular flexibility index (Phi) is 4.63. The molecule has 0 aliphatic heterocycles. The Morgan fingerprint density at radius 3 is 2.84 bits per heavy atom. The summed E-state index contributed by atoms with van der Waals surface area (Å²) in [5.74, 6) is -0.454. The van der Waals surface area contributed by atoms with Crippen molar-refractivity contribution in [1.82, 2.24) is 0 Å². The van der Waals surface area contributed by atoms with Crippen molar-refractivity contribution in [3.8, 4) is 0 Å². The molecule has 1 aliphatic carbocycles. The minimum absolute atomic E-state index is 0.0631. The second-order valence-corrected chi connectivity index (χ2v) is 5.80. The van der Waals surface area contributed by atoms with Gasteiger partial charge in [-0.25, -0.2) is 4.39 Å². The van der Waals surface area contributed by atoms with Gasteiger partial charge in [-0.1, -0.05) is 12.8 Å². The van der Waals surface area contributed by atoms with Crippen molar-refractivity contribution in [2.75, 3.05) is 11.6 Å². The van der Waals surface area contributed by atoms with Crippen molar-refractivity contribution >= 4 is 23.1 Å². The molecule has 2 unspecified atom stereocenters. The summed E-state index contributed by atoms with van der Waals surface area (Å²) in [6.07, 6.45) is 6.42. The fourth-order valence-electron chi connectivity index (χ4n) is 2.53. The number of nitrogens with zero attached hydrogens (tertiary/aromatic N) is 1. The van der Waals surface area contributed by atoms with Gasteiger partial charge in [0.2, 0.25) is 0 Å². The molecule has 1 aliphatic rings. The third-order valence-electron chi connectivity index (χ3n) is 3.50. The van der Waals surface area contributed by atoms with Crippen LogP contribution in [-0.2, 0) is 0 Å². The molecule has 0 spiro atoms. The van der Waals surface area contributed by atoms with E-state index in [0.717, 1.165) is 25.3 Å². The second-order valence-electron chi connectivity index (χ2n) is 4.73. The Balaban J connectivity index is 2.21. The molecule has 6 heteroatoms. The molecule has 1 aromatic carbocycles. The summed E-state index contributed by atoms with van der Waals surface area (Å²) in [7, 11) is 0. The largest absolute Gasteiger partial charge is 0.376 e. The standard InChI is InChI=1S/C13H17FN2O2S/c1-19-13-5-3-2-4-10(13)15-11-8-9(14)6-7-12(11)16(17)18/h6-8,10,13,15H,2-5H2,1H3. The van der Waals surface area contributed by atoms with Gasteiger partial charge in [-0.3, -0.25) is 10.1 Å². The zero-order valence-corrected chi connectivity index (χ0v) is 11.6. The fourth-order valence-corrected chi connectivity index (χ4v) is 3.46. The molecule has 2 rings (SSSR count). The molecular weight excluding hydrogens is 267 g/mol. The maximum absolute atomic E-state index is 13.3. The van der Waals surface area contributed by atoms with Crippen molar-refractivity contribution in [3.05, 3.63) is 34.1 Å². The summed E-state index contributed by atoms with van der Waals surface area (Å²) in [6, 6.07) is 3.72. The zero-order valence-electron chi connectivity index (χ0n) is 10.8. The van der Waals surface area contributed by atoms with Gasteiger partial charge in [-0.15, -0.1) is 0 Å². The number of benzene rings is 1. The number of nitrogens with one attached hydrogen (secondary N) is 1. The van der Waals surface area contributed by atoms with Gasteiger partial charge in [-0.05, 0) is 25.2 Å². The van der Waals surface area contributed by atoms with Crippen LogP contribution in [0, 0.1) is 15.9 Å². The van der Waals surface area contributed by atoms with Gasteiger partial charge in [0.15, 0.2) is 0 Å². The highest BCUT2D eigenvalue weighted by Crippen LogP contribution is 2.32. The lowest BCUT2D eigenvalue weighted by molar-refractivity contribution is -0.384. The van der Waals surface area contributed by atoms with Crippen LogP contribution in [0.1, 0.15) is 25.7 Å². The minimum atomic E-state index is -0.474. The van der Waals surface area contributed by atoms with Gasteiger partial charge in [0, 0.05) is 23.4 Å². The number of nitro benzene ring substituents is 1. The molecule has 1 fully saturated rings. The normalized spacial score (nSPS) is 23.1. The van der Waals surface area contributed by atoms with E-state index in [2.05, 4.69) is 5.32 Å². The predicted octanol–water partition coefficient (Wildman–Crippen LogP) is 3.82. The number of halogens is 1. The van der Waals surface area contributed by atoms with Crippen LogP contribution in [0.2, 0.25) is 0 Å². The highest BCUT2D eigenvalue weighted by atomic mass is 32.2. The molecular formula is C13H17FN2O2S. The fraction of sp³-hybridized carbons (Fsp3) is 0.538. The molecule has 0 heterocycles. The third-order valence-corrected chi connectivity index (χ3v) is 4.67. The topological polar surface area (TPSA) is 55.2 Å². The smallest absolute Gasteiger partial charge is 0.292 e. The molecule has 0 amide bonds. The van der Waals surface area contributed by atoms with Gasteiger partial charge in [-0.2, -0.15) is 11.8 Å². The van der Waals surface area contributed by atoms with E-state index in [9.17, 15) is 14.5 Å². The number of thioether (sulfide) groups is 1. The summed E-state index contributed by atoms with van der Waals surface area (Å²) in [6.45, 7) is 0. The Morgan fingerprint density at radius 2 is 2.16 bits per heavy atom. The van der Waals surface area contributed by atoms with Crippen molar-refractivity contribution in [3.63, 3.8) is 0 Å². The average molecular weight is 284 g/mol. The van der Waals surface area contributed by atoms with E-state index in [0.29, 0.717) is 5.25 Å². The van der Waals surface area contributed by atoms with Crippen LogP contribution in [0.5, 0.6) is 0 Å². The molecule has 1 aromatic rings. The van der Waals surface area contributed by atoms with E-state index in [1.165, 1.54) is 18.6 Å². The molecule has 0 aromatic heterocycles. The van der Waals surface area contributed by atoms with Crippen LogP contribution in [0.3, 0.4) is 0 Å². The van der Waals surface area contributed by atoms with E-state index in [1.807, 2.05) is 6.26 Å². The first-order valence-corrected chi connectivity index (χ1v) is 7.64. The summed E-state index contributed by atoms with van der Waals surface area (Å²) >= 11 is 1.77. The van der Waals surface area contributed by atoms with Gasteiger partial charge in [0.05, 0.1) is 4.92 Å². The molecule has 19 heavy (non-hydrogen) atoms. The molecule has 0 saturated heterocycles. The molecule has 2 atom stereocenters. The zero-order chi connectivity index (χ0) is 13.8. The number of hydrogen-bond donors (Lipinski definition) is 1. The number of anilines is 1. The SMILES string of the molecule is CSC1CCCCC1Nc1cc(F)ccc1[N+](=O)[O-]. The molecule has 1 saturated carbocycles.